The van der Waals surface area contributed by atoms with Gasteiger partial charge in [-0.05, 0) is 34.6 Å². The van der Waals surface area contributed by atoms with Crippen LogP contribution < -0.4 is 0 Å². The minimum Gasteiger partial charge on any atom is -0.481 e. The Morgan fingerprint density at radius 2 is 1.29 bits per heavy atom. The van der Waals surface area contributed by atoms with E-state index >= 15 is 0 Å². The minimum atomic E-state index is -1.08. The Labute approximate surface area is 144 Å². The fraction of sp³-hybridized carbons (Fsp3) is 0.882. The second-order valence-corrected chi connectivity index (χ2v) is 7.37. The smallest absolute Gasteiger partial charge is 0.303 e. The van der Waals surface area contributed by atoms with Crippen LogP contribution in [0.4, 0.5) is 0 Å². The molecule has 3 N–H and O–H groups in total. The lowest BCUT2D eigenvalue weighted by molar-refractivity contribution is -0.320. The van der Waals surface area contributed by atoms with E-state index in [2.05, 4.69) is 46.6 Å². The van der Waals surface area contributed by atoms with Crippen LogP contribution in [0.5, 0.6) is 0 Å². The van der Waals surface area contributed by atoms with Crippen molar-refractivity contribution in [2.45, 2.75) is 78.5 Å². The number of hydroxylamine groups is 2. The third kappa shape index (κ3) is 5.43. The van der Waals surface area contributed by atoms with E-state index in [-0.39, 0.29) is 41.9 Å². The lowest BCUT2D eigenvalue weighted by Gasteiger charge is -2.59. The van der Waals surface area contributed by atoms with Gasteiger partial charge >= 0.3 is 11.9 Å². The normalized spacial score (nSPS) is 28.6. The highest BCUT2D eigenvalue weighted by Gasteiger charge is 2.54. The molecule has 1 fully saturated rings. The van der Waals surface area contributed by atoms with E-state index in [4.69, 9.17) is 15.1 Å². The van der Waals surface area contributed by atoms with E-state index in [1.165, 1.54) is 0 Å². The summed E-state index contributed by atoms with van der Waals surface area (Å²) in [5.74, 6) is -1.76. The number of nitrogens with zero attached hydrogens (tertiary/aromatic N) is 1. The van der Waals surface area contributed by atoms with Gasteiger partial charge in [0.1, 0.15) is 0 Å². The van der Waals surface area contributed by atoms with E-state index in [9.17, 15) is 14.7 Å². The standard InChI is InChI=1S/C13H27NO2.C4H6O4/c1-8-16-14-12(4,5)9(2)11(15)10(3)13(14,6)7;5-3(6)1-2-4(7)8/h9-11,15H,8H2,1-7H3;1-2H2,(H,5,6)(H,7,8). The molecule has 0 saturated carbocycles. The van der Waals surface area contributed by atoms with E-state index < -0.39 is 11.9 Å². The monoisotopic (exact) mass is 347 g/mol. The molecule has 1 aliphatic heterocycles. The molecule has 0 spiro atoms. The van der Waals surface area contributed by atoms with Gasteiger partial charge in [-0.2, -0.15) is 5.06 Å². The van der Waals surface area contributed by atoms with Gasteiger partial charge < -0.3 is 15.3 Å². The molecule has 0 aromatic heterocycles. The first-order valence-corrected chi connectivity index (χ1v) is 8.35. The number of aliphatic hydroxyl groups excluding tert-OH is 1. The van der Waals surface area contributed by atoms with Gasteiger partial charge in [0, 0.05) is 22.9 Å². The minimum absolute atomic E-state index is 0.147. The van der Waals surface area contributed by atoms with Crippen molar-refractivity contribution in [3.63, 3.8) is 0 Å². The van der Waals surface area contributed by atoms with Crippen LogP contribution in [0.2, 0.25) is 0 Å². The van der Waals surface area contributed by atoms with E-state index in [1.807, 2.05) is 6.92 Å². The summed E-state index contributed by atoms with van der Waals surface area (Å²) >= 11 is 0. The van der Waals surface area contributed by atoms with Crippen molar-refractivity contribution in [1.82, 2.24) is 5.06 Å². The molecule has 0 bridgehead atoms. The van der Waals surface area contributed by atoms with Gasteiger partial charge in [0.25, 0.3) is 0 Å². The van der Waals surface area contributed by atoms with Gasteiger partial charge in [-0.15, -0.1) is 0 Å². The first kappa shape index (κ1) is 22.8. The zero-order chi connectivity index (χ0) is 19.3. The highest BCUT2D eigenvalue weighted by molar-refractivity contribution is 5.75. The van der Waals surface area contributed by atoms with Crippen molar-refractivity contribution in [3.8, 4) is 0 Å². The van der Waals surface area contributed by atoms with Crippen LogP contribution >= 0.6 is 0 Å². The Hall–Kier alpha value is -1.18. The van der Waals surface area contributed by atoms with E-state index in [0.717, 1.165) is 0 Å². The van der Waals surface area contributed by atoms with Crippen LogP contribution in [-0.2, 0) is 14.4 Å². The quantitative estimate of drug-likeness (QED) is 0.701. The highest BCUT2D eigenvalue weighted by Crippen LogP contribution is 2.45. The molecular weight excluding hydrogens is 314 g/mol. The molecule has 1 rings (SSSR count). The summed E-state index contributed by atoms with van der Waals surface area (Å²) in [7, 11) is 0. The second kappa shape index (κ2) is 8.78. The summed E-state index contributed by atoms with van der Waals surface area (Å²) in [5, 5.41) is 28.2. The fourth-order valence-electron chi connectivity index (χ4n) is 3.06. The maximum absolute atomic E-state index is 10.3. The summed E-state index contributed by atoms with van der Waals surface area (Å²) in [6, 6.07) is 0. The molecule has 0 amide bonds. The lowest BCUT2D eigenvalue weighted by atomic mass is 9.67. The number of carboxylic acid groups (broad SMARTS) is 2. The van der Waals surface area contributed by atoms with Crippen molar-refractivity contribution >= 4 is 11.9 Å². The van der Waals surface area contributed by atoms with Gasteiger partial charge in [0.2, 0.25) is 0 Å². The number of aliphatic hydroxyl groups is 1. The van der Waals surface area contributed by atoms with Crippen LogP contribution in [0.15, 0.2) is 0 Å². The van der Waals surface area contributed by atoms with Crippen molar-refractivity contribution in [2.24, 2.45) is 11.8 Å². The predicted molar refractivity (Wildman–Crippen MR) is 90.5 cm³/mol. The molecule has 1 aliphatic rings. The maximum atomic E-state index is 10.3. The molecule has 0 aromatic rings. The summed E-state index contributed by atoms with van der Waals surface area (Å²) in [5.41, 5.74) is -0.295. The van der Waals surface area contributed by atoms with Crippen LogP contribution in [-0.4, -0.2) is 56.1 Å². The number of aliphatic carboxylic acids is 2. The van der Waals surface area contributed by atoms with Crippen molar-refractivity contribution < 1.29 is 29.7 Å². The Balaban J connectivity index is 0.000000561. The molecule has 2 atom stereocenters. The van der Waals surface area contributed by atoms with Crippen LogP contribution in [0, 0.1) is 11.8 Å². The average Bonchev–Trinajstić information content (AvgIpc) is 2.47. The molecule has 142 valence electrons. The average molecular weight is 347 g/mol. The third-order valence-electron chi connectivity index (χ3n) is 5.11. The van der Waals surface area contributed by atoms with Gasteiger partial charge in [0.05, 0.1) is 25.6 Å². The highest BCUT2D eigenvalue weighted by atomic mass is 16.7. The molecular formula is C17H33NO6. The van der Waals surface area contributed by atoms with E-state index in [0.29, 0.717) is 6.61 Å². The predicted octanol–water partition coefficient (Wildman–Crippen LogP) is 2.38. The van der Waals surface area contributed by atoms with E-state index in [1.54, 1.807) is 0 Å². The fourth-order valence-corrected chi connectivity index (χ4v) is 3.06. The zero-order valence-electron chi connectivity index (χ0n) is 15.9. The molecule has 0 aliphatic carbocycles. The lowest BCUT2D eigenvalue weighted by Crippen LogP contribution is -2.69. The third-order valence-corrected chi connectivity index (χ3v) is 5.11. The molecule has 1 heterocycles. The van der Waals surface area contributed by atoms with Gasteiger partial charge in [-0.3, -0.25) is 14.4 Å². The first-order valence-electron chi connectivity index (χ1n) is 8.35. The zero-order valence-corrected chi connectivity index (χ0v) is 15.9. The molecule has 0 radical (unpaired) electrons. The largest absolute Gasteiger partial charge is 0.481 e. The maximum Gasteiger partial charge on any atom is 0.303 e. The topological polar surface area (TPSA) is 107 Å². The van der Waals surface area contributed by atoms with Gasteiger partial charge in [-0.1, -0.05) is 13.8 Å². The van der Waals surface area contributed by atoms with Crippen molar-refractivity contribution in [1.29, 1.82) is 0 Å². The second-order valence-electron chi connectivity index (χ2n) is 7.37. The van der Waals surface area contributed by atoms with Crippen molar-refractivity contribution in [2.75, 3.05) is 6.61 Å². The Morgan fingerprint density at radius 3 is 1.54 bits per heavy atom. The molecule has 7 nitrogen and oxygen atoms in total. The molecule has 24 heavy (non-hydrogen) atoms. The van der Waals surface area contributed by atoms with Crippen LogP contribution in [0.3, 0.4) is 0 Å². The summed E-state index contributed by atoms with van der Waals surface area (Å²) in [6.45, 7) is 15.4. The van der Waals surface area contributed by atoms with Crippen LogP contribution in [0.25, 0.3) is 0 Å². The molecule has 7 heteroatoms. The summed E-state index contributed by atoms with van der Waals surface area (Å²) in [6.07, 6.45) is -0.869. The molecule has 1 saturated heterocycles. The summed E-state index contributed by atoms with van der Waals surface area (Å²) < 4.78 is 0. The number of hydrogen-bond acceptors (Lipinski definition) is 5. The van der Waals surface area contributed by atoms with Crippen molar-refractivity contribution in [3.05, 3.63) is 0 Å². The number of carboxylic acids is 2. The number of carbonyl (C=O) groups is 2. The number of piperidine rings is 1. The number of hydrogen-bond donors (Lipinski definition) is 3. The van der Waals surface area contributed by atoms with Gasteiger partial charge in [0.15, 0.2) is 0 Å². The molecule has 0 aromatic carbocycles. The Morgan fingerprint density at radius 1 is 0.958 bits per heavy atom. The number of rotatable bonds is 5. The first-order chi connectivity index (χ1) is 10.8. The van der Waals surface area contributed by atoms with Crippen LogP contribution in [0.1, 0.15) is 61.3 Å². The Kier molecular flexibility index (Phi) is 8.35. The van der Waals surface area contributed by atoms with Gasteiger partial charge in [-0.25, -0.2) is 0 Å². The summed E-state index contributed by atoms with van der Waals surface area (Å²) in [4.78, 5) is 25.1. The molecule has 2 unspecified atom stereocenters. The Bertz CT molecular complexity index is 399. The SMILES string of the molecule is CCON1C(C)(C)C(C)C(O)C(C)C1(C)C.O=C(O)CCC(=O)O.